The van der Waals surface area contributed by atoms with Gasteiger partial charge in [-0.2, -0.15) is 15.0 Å². The Hall–Kier alpha value is -6.41. The van der Waals surface area contributed by atoms with Crippen LogP contribution in [0.1, 0.15) is 95.8 Å². The van der Waals surface area contributed by atoms with Crippen LogP contribution >= 0.6 is 11.3 Å². The molecule has 2 atom stereocenters. The van der Waals surface area contributed by atoms with Crippen LogP contribution in [0.5, 0.6) is 0 Å². The van der Waals surface area contributed by atoms with E-state index in [4.69, 9.17) is 19.0 Å². The normalized spacial score (nSPS) is 18.9. The van der Waals surface area contributed by atoms with Gasteiger partial charge in [-0.1, -0.05) is 65.8 Å². The Morgan fingerprint density at radius 1 is 0.906 bits per heavy atom. The van der Waals surface area contributed by atoms with Crippen LogP contribution < -0.4 is 21.3 Å². The van der Waals surface area contributed by atoms with Crippen molar-refractivity contribution in [3.8, 4) is 0 Å². The fraction of sp³-hybridized carbons (Fsp3) is 0.477. The van der Waals surface area contributed by atoms with Crippen LogP contribution in [0, 0.1) is 0 Å². The topological polar surface area (TPSA) is 230 Å². The molecule has 0 bridgehead atoms. The summed E-state index contributed by atoms with van der Waals surface area (Å²) in [6, 6.07) is 17.1. The number of hydrogen-bond acceptors (Lipinski definition) is 15. The number of thiazole rings is 1. The monoisotopic (exact) mass is 898 g/mol. The van der Waals surface area contributed by atoms with Gasteiger partial charge in [0.1, 0.15) is 22.9 Å². The number of likely N-dealkylation sites (tertiary alicyclic amines) is 1. The van der Waals surface area contributed by atoms with Gasteiger partial charge >= 0.3 is 18.2 Å². The zero-order chi connectivity index (χ0) is 45.6. The molecule has 1 saturated carbocycles. The quantitative estimate of drug-likeness (QED) is 0.0412. The van der Waals surface area contributed by atoms with Crippen molar-refractivity contribution in [2.24, 2.45) is 5.16 Å². The summed E-state index contributed by atoms with van der Waals surface area (Å²) in [6.07, 6.45) is 1.83. The summed E-state index contributed by atoms with van der Waals surface area (Å²) in [5, 5.41) is 25.9. The number of oxime groups is 1. The lowest BCUT2D eigenvalue weighted by Gasteiger charge is -2.36. The summed E-state index contributed by atoms with van der Waals surface area (Å²) >= 11 is 1.01. The summed E-state index contributed by atoms with van der Waals surface area (Å²) in [5.74, 6) is -1.91. The first-order chi connectivity index (χ1) is 30.4. The van der Waals surface area contributed by atoms with Crippen molar-refractivity contribution in [2.45, 2.75) is 121 Å². The SMILES string of the molecule is CC(C)(C)OC(=O)Nc1nc(/C(=N/OC2(C(=O)OC(c3ccccc3)c3ccccc3)CC2)C(=O)N[C@@H]2C(=O)N[C@@H]2Cn2ncc(CN3CCC(NC(=O)OC(C)(C)C)CC3)n2)cs1. The number of nitrogens with one attached hydrogen (secondary N) is 4. The number of amides is 4. The summed E-state index contributed by atoms with van der Waals surface area (Å²) in [5.41, 5.74) is -0.893. The predicted octanol–water partition coefficient (Wildman–Crippen LogP) is 4.84. The van der Waals surface area contributed by atoms with Crippen LogP contribution in [0.15, 0.2) is 77.4 Å². The van der Waals surface area contributed by atoms with E-state index in [0.717, 1.165) is 54.1 Å². The van der Waals surface area contributed by atoms with Gasteiger partial charge in [0.2, 0.25) is 11.5 Å². The largest absolute Gasteiger partial charge is 0.450 e. The fourth-order valence-corrected chi connectivity index (χ4v) is 7.67. The highest BCUT2D eigenvalue weighted by molar-refractivity contribution is 7.14. The molecule has 2 saturated heterocycles. The number of esters is 1. The van der Waals surface area contributed by atoms with Crippen molar-refractivity contribution >= 4 is 52.2 Å². The minimum Gasteiger partial charge on any atom is -0.450 e. The molecule has 3 fully saturated rings. The fourth-order valence-electron chi connectivity index (χ4n) is 6.99. The molecular weight excluding hydrogens is 845 g/mol. The Labute approximate surface area is 374 Å². The molecule has 1 aliphatic carbocycles. The first-order valence-corrected chi connectivity index (χ1v) is 22.1. The number of alkyl carbamates (subject to hydrolysis) is 1. The van der Waals surface area contributed by atoms with Crippen molar-refractivity contribution in [3.05, 3.63) is 94.8 Å². The van der Waals surface area contributed by atoms with Gasteiger partial charge in [0.05, 0.1) is 24.5 Å². The van der Waals surface area contributed by atoms with E-state index in [1.807, 2.05) is 81.4 Å². The Morgan fingerprint density at radius 3 is 2.12 bits per heavy atom. The summed E-state index contributed by atoms with van der Waals surface area (Å²) < 4.78 is 16.8. The van der Waals surface area contributed by atoms with E-state index < -0.39 is 65.0 Å². The van der Waals surface area contributed by atoms with Crippen molar-refractivity contribution in [1.82, 2.24) is 40.8 Å². The molecule has 4 amide bonds. The maximum atomic E-state index is 14.1. The predicted molar refractivity (Wildman–Crippen MR) is 234 cm³/mol. The van der Waals surface area contributed by atoms with Crippen LogP contribution in [0.25, 0.3) is 0 Å². The summed E-state index contributed by atoms with van der Waals surface area (Å²) in [7, 11) is 0. The second-order valence-electron chi connectivity index (χ2n) is 18.0. The van der Waals surface area contributed by atoms with Crippen molar-refractivity contribution in [2.75, 3.05) is 18.4 Å². The van der Waals surface area contributed by atoms with E-state index in [1.165, 1.54) is 10.2 Å². The molecule has 3 aliphatic rings. The Bertz CT molecular complexity index is 2290. The lowest BCUT2D eigenvalue weighted by atomic mass is 9.98. The highest BCUT2D eigenvalue weighted by Gasteiger charge is 2.56. The van der Waals surface area contributed by atoms with Gasteiger partial charge in [-0.05, 0) is 65.5 Å². The van der Waals surface area contributed by atoms with Gasteiger partial charge in [0.15, 0.2) is 16.9 Å². The van der Waals surface area contributed by atoms with Crippen LogP contribution in [0.4, 0.5) is 14.7 Å². The zero-order valence-corrected chi connectivity index (χ0v) is 37.5. The molecule has 0 radical (unpaired) electrons. The second-order valence-corrected chi connectivity index (χ2v) is 18.8. The minimum absolute atomic E-state index is 0.0171. The van der Waals surface area contributed by atoms with Gasteiger partial charge in [0, 0.05) is 43.9 Å². The van der Waals surface area contributed by atoms with E-state index in [1.54, 1.807) is 27.0 Å². The van der Waals surface area contributed by atoms with Crippen LogP contribution in [-0.2, 0) is 46.5 Å². The van der Waals surface area contributed by atoms with E-state index in [9.17, 15) is 24.0 Å². The first-order valence-electron chi connectivity index (χ1n) is 21.2. The number of hydrogen-bond donors (Lipinski definition) is 4. The maximum Gasteiger partial charge on any atom is 0.413 e. The molecule has 2 aromatic heterocycles. The number of nitrogens with zero attached hydrogens (tertiary/aromatic N) is 6. The van der Waals surface area contributed by atoms with Gasteiger partial charge in [0.25, 0.3) is 5.91 Å². The molecule has 2 aromatic carbocycles. The zero-order valence-electron chi connectivity index (χ0n) is 36.7. The lowest BCUT2D eigenvalue weighted by molar-refractivity contribution is -0.164. The van der Waals surface area contributed by atoms with Crippen molar-refractivity contribution < 1.29 is 43.0 Å². The Balaban J connectivity index is 1.01. The molecule has 2 aliphatic heterocycles. The molecule has 4 aromatic rings. The molecular formula is C44H54N10O9S. The Morgan fingerprint density at radius 2 is 1.53 bits per heavy atom. The number of anilines is 1. The average molecular weight is 899 g/mol. The highest BCUT2D eigenvalue weighted by atomic mass is 32.1. The molecule has 4 heterocycles. The maximum absolute atomic E-state index is 14.1. The number of carbonyl (C=O) groups excluding carboxylic acids is 5. The number of ether oxygens (including phenoxy) is 3. The molecule has 19 nitrogen and oxygen atoms in total. The van der Waals surface area contributed by atoms with Crippen LogP contribution in [0.2, 0.25) is 0 Å². The first kappa shape index (κ1) is 45.6. The van der Waals surface area contributed by atoms with Crippen molar-refractivity contribution in [3.63, 3.8) is 0 Å². The molecule has 4 N–H and O–H groups in total. The molecule has 0 spiro atoms. The molecule has 20 heteroatoms. The number of aromatic nitrogens is 4. The second kappa shape index (κ2) is 19.1. The number of benzene rings is 2. The molecule has 7 rings (SSSR count). The van der Waals surface area contributed by atoms with Crippen LogP contribution in [0.3, 0.4) is 0 Å². The van der Waals surface area contributed by atoms with E-state index in [2.05, 4.69) is 46.5 Å². The van der Waals surface area contributed by atoms with E-state index in [-0.39, 0.29) is 42.0 Å². The van der Waals surface area contributed by atoms with Crippen molar-refractivity contribution in [1.29, 1.82) is 0 Å². The van der Waals surface area contributed by atoms with Gasteiger partial charge in [-0.25, -0.2) is 19.4 Å². The smallest absolute Gasteiger partial charge is 0.413 e. The summed E-state index contributed by atoms with van der Waals surface area (Å²) in [4.78, 5) is 79.6. The minimum atomic E-state index is -1.48. The third-order valence-corrected chi connectivity index (χ3v) is 11.1. The van der Waals surface area contributed by atoms with Gasteiger partial charge in [-0.15, -0.1) is 11.3 Å². The van der Waals surface area contributed by atoms with Crippen LogP contribution in [-0.4, -0.2) is 109 Å². The highest BCUT2D eigenvalue weighted by Crippen LogP contribution is 2.43. The average Bonchev–Trinajstić information content (AvgIpc) is 3.68. The van der Waals surface area contributed by atoms with Gasteiger partial charge in [-0.3, -0.25) is 19.8 Å². The third kappa shape index (κ3) is 12.2. The van der Waals surface area contributed by atoms with E-state index in [0.29, 0.717) is 6.54 Å². The Kier molecular flexibility index (Phi) is 13.6. The number of β-lactam (4-membered cyclic amide) rings is 1. The number of carbonyl (C=O) groups is 5. The molecule has 0 unspecified atom stereocenters. The lowest BCUT2D eigenvalue weighted by Crippen LogP contribution is -2.70. The third-order valence-electron chi connectivity index (χ3n) is 10.3. The molecule has 64 heavy (non-hydrogen) atoms. The number of rotatable bonds is 15. The van der Waals surface area contributed by atoms with Gasteiger partial charge < -0.3 is 35.0 Å². The summed E-state index contributed by atoms with van der Waals surface area (Å²) in [6.45, 7) is 12.8. The van der Waals surface area contributed by atoms with E-state index >= 15 is 0 Å². The standard InChI is InChI=1S/C44H54N10O9S/c1-42(2,3)61-40(58)46-29-17-21-53(22-18-29)24-30-23-45-54(51-30)25-31-33(36(55)47-31)49-37(56)34(32-26-64-39(48-32)50-41(59)62-43(4,5)6)52-63-44(19-20-44)38(57)60-35(27-13-9-7-10-14-27)28-15-11-8-12-16-28/h7-16,23,26,29,31,33,35H,17-22,24-25H2,1-6H3,(H,46,58)(H,47,55)(H,49,56)(H,48,50,59)/b52-34-/t31-,33+/m1/s1. The molecule has 340 valence electrons. The number of piperidine rings is 1.